The van der Waals surface area contributed by atoms with Gasteiger partial charge in [0.15, 0.2) is 6.29 Å². The fraction of sp³-hybridized carbons (Fsp3) is 0.241. The van der Waals surface area contributed by atoms with Crippen LogP contribution >= 0.6 is 0 Å². The van der Waals surface area contributed by atoms with Gasteiger partial charge in [-0.15, -0.1) is 0 Å². The molecule has 3 heterocycles. The molecule has 0 saturated carbocycles. The first-order chi connectivity index (χ1) is 18.0. The zero-order chi connectivity index (χ0) is 25.8. The van der Waals surface area contributed by atoms with E-state index in [2.05, 4.69) is 33.1 Å². The first-order valence-corrected chi connectivity index (χ1v) is 12.3. The molecule has 1 aromatic heterocycles. The second-order valence-corrected chi connectivity index (χ2v) is 9.37. The number of hydrogen-bond acceptors (Lipinski definition) is 6. The molecule has 1 fully saturated rings. The highest BCUT2D eigenvalue weighted by Gasteiger charge is 2.22. The predicted molar refractivity (Wildman–Crippen MR) is 141 cm³/mol. The van der Waals surface area contributed by atoms with Crippen molar-refractivity contribution in [2.45, 2.75) is 32.2 Å². The van der Waals surface area contributed by atoms with Crippen LogP contribution in [0, 0.1) is 0 Å². The normalized spacial score (nSPS) is 16.8. The molecule has 0 aliphatic carbocycles. The van der Waals surface area contributed by atoms with Crippen molar-refractivity contribution in [1.82, 2.24) is 19.8 Å². The Morgan fingerprint density at radius 3 is 2.38 bits per heavy atom. The number of aldehydes is 1. The Hall–Kier alpha value is -4.17. The number of fused-ring (bicyclic) bond motifs is 2. The number of aromatic nitrogens is 2. The molecule has 4 aromatic rings. The summed E-state index contributed by atoms with van der Waals surface area (Å²) in [5.41, 5.74) is 12.3. The maximum atomic E-state index is 13.5. The Labute approximate surface area is 214 Å². The van der Waals surface area contributed by atoms with Crippen LogP contribution in [0.4, 0.5) is 10.3 Å². The molecule has 6 rings (SSSR count). The summed E-state index contributed by atoms with van der Waals surface area (Å²) in [6.07, 6.45) is 1.46. The van der Waals surface area contributed by atoms with E-state index in [1.165, 1.54) is 11.1 Å². The van der Waals surface area contributed by atoms with E-state index in [-0.39, 0.29) is 11.6 Å². The van der Waals surface area contributed by atoms with Gasteiger partial charge in [-0.25, -0.2) is 14.4 Å². The van der Waals surface area contributed by atoms with Crippen molar-refractivity contribution in [3.8, 4) is 11.1 Å². The van der Waals surface area contributed by atoms with Gasteiger partial charge in [0.2, 0.25) is 12.4 Å². The van der Waals surface area contributed by atoms with Crippen molar-refractivity contribution in [2.75, 3.05) is 18.8 Å². The van der Waals surface area contributed by atoms with E-state index in [0.29, 0.717) is 36.7 Å². The Morgan fingerprint density at radius 2 is 1.70 bits per heavy atom. The van der Waals surface area contributed by atoms with Gasteiger partial charge in [-0.2, -0.15) is 0 Å². The topological polar surface area (TPSA) is 92.4 Å². The molecule has 1 amide bonds. The number of nitrogens with zero attached hydrogens (tertiary/aromatic N) is 4. The molecule has 1 atom stereocenters. The number of nitrogens with two attached hydrogens (primary N) is 1. The van der Waals surface area contributed by atoms with E-state index < -0.39 is 6.17 Å². The van der Waals surface area contributed by atoms with Crippen LogP contribution < -0.4 is 5.73 Å². The number of alkyl halides is 1. The third kappa shape index (κ3) is 5.49. The largest absolute Gasteiger partial charge is 0.368 e. The minimum absolute atomic E-state index is 0.0857. The van der Waals surface area contributed by atoms with Crippen LogP contribution in [0.3, 0.4) is 0 Å². The zero-order valence-electron chi connectivity index (χ0n) is 20.4. The molecule has 2 aliphatic heterocycles. The molecule has 2 aliphatic rings. The second-order valence-electron chi connectivity index (χ2n) is 9.37. The maximum Gasteiger partial charge on any atom is 0.221 e. The number of rotatable bonds is 5. The van der Waals surface area contributed by atoms with Gasteiger partial charge in [0.1, 0.15) is 11.9 Å². The standard InChI is InChI=1S/C20H19FN4O.C9H9NO/c21-15-7-8-25(11-15)10-14-3-1-2-4-16(14)13-5-6-18-17(9-13)19(12-26)24-20(22)23-18;11-7-10-5-8-3-1-2-4-9(8)6-10/h1-6,9,12,15H,7-8,10-11H2,(H2,22,23,24);1-4,7H,5-6H2/t15-;/m0./s1. The number of hydrogen-bond donors (Lipinski definition) is 1. The van der Waals surface area contributed by atoms with Gasteiger partial charge >= 0.3 is 0 Å². The minimum atomic E-state index is -0.736. The monoisotopic (exact) mass is 497 g/mol. The number of carbonyl (C=O) groups is 2. The molecule has 3 aromatic carbocycles. The summed E-state index contributed by atoms with van der Waals surface area (Å²) >= 11 is 0. The van der Waals surface area contributed by atoms with Crippen LogP contribution in [0.25, 0.3) is 22.0 Å². The smallest absolute Gasteiger partial charge is 0.221 e. The molecular weight excluding hydrogens is 469 g/mol. The Balaban J connectivity index is 0.000000212. The van der Waals surface area contributed by atoms with Gasteiger partial charge in [-0.1, -0.05) is 54.6 Å². The van der Waals surface area contributed by atoms with Crippen LogP contribution in [0.1, 0.15) is 33.6 Å². The van der Waals surface area contributed by atoms with Gasteiger partial charge in [0, 0.05) is 38.1 Å². The molecule has 0 spiro atoms. The molecule has 188 valence electrons. The third-order valence-electron chi connectivity index (χ3n) is 6.81. The van der Waals surface area contributed by atoms with Gasteiger partial charge in [-0.05, 0) is 46.4 Å². The van der Waals surface area contributed by atoms with Gasteiger partial charge < -0.3 is 10.6 Å². The lowest BCUT2D eigenvalue weighted by Gasteiger charge is -2.18. The lowest BCUT2D eigenvalue weighted by Crippen LogP contribution is -2.20. The lowest BCUT2D eigenvalue weighted by atomic mass is 9.97. The molecule has 0 bridgehead atoms. The van der Waals surface area contributed by atoms with E-state index in [1.54, 1.807) is 4.90 Å². The van der Waals surface area contributed by atoms with Crippen molar-refractivity contribution in [3.05, 3.63) is 89.1 Å². The molecule has 8 heteroatoms. The fourth-order valence-electron chi connectivity index (χ4n) is 4.97. The number of benzene rings is 3. The van der Waals surface area contributed by atoms with E-state index >= 15 is 0 Å². The average Bonchev–Trinajstić information content (AvgIpc) is 3.54. The second kappa shape index (κ2) is 10.8. The number of amides is 1. The fourth-order valence-corrected chi connectivity index (χ4v) is 4.97. The van der Waals surface area contributed by atoms with Crippen molar-refractivity contribution in [2.24, 2.45) is 0 Å². The summed E-state index contributed by atoms with van der Waals surface area (Å²) in [7, 11) is 0. The molecular formula is C29H28FN5O2. The van der Waals surface area contributed by atoms with Crippen molar-refractivity contribution >= 4 is 29.5 Å². The highest BCUT2D eigenvalue weighted by atomic mass is 19.1. The number of anilines is 1. The minimum Gasteiger partial charge on any atom is -0.368 e. The molecule has 0 unspecified atom stereocenters. The molecule has 2 N–H and O–H groups in total. The third-order valence-corrected chi connectivity index (χ3v) is 6.81. The molecule has 1 saturated heterocycles. The summed E-state index contributed by atoms with van der Waals surface area (Å²) in [4.78, 5) is 33.9. The van der Waals surface area contributed by atoms with Gasteiger partial charge in [-0.3, -0.25) is 14.5 Å². The summed E-state index contributed by atoms with van der Waals surface area (Å²) in [5.74, 6) is 0.0857. The first kappa shape index (κ1) is 24.5. The summed E-state index contributed by atoms with van der Waals surface area (Å²) in [6.45, 7) is 3.51. The Kier molecular flexibility index (Phi) is 7.18. The summed E-state index contributed by atoms with van der Waals surface area (Å²) < 4.78 is 13.5. The summed E-state index contributed by atoms with van der Waals surface area (Å²) in [6, 6.07) is 21.9. The van der Waals surface area contributed by atoms with E-state index in [1.807, 2.05) is 48.5 Å². The van der Waals surface area contributed by atoms with Crippen LogP contribution in [-0.4, -0.2) is 51.7 Å². The first-order valence-electron chi connectivity index (χ1n) is 12.3. The Morgan fingerprint density at radius 1 is 0.973 bits per heavy atom. The molecule has 7 nitrogen and oxygen atoms in total. The Bertz CT molecular complexity index is 1420. The van der Waals surface area contributed by atoms with Crippen LogP contribution in [0.5, 0.6) is 0 Å². The van der Waals surface area contributed by atoms with Crippen LogP contribution in [-0.2, 0) is 24.4 Å². The lowest BCUT2D eigenvalue weighted by molar-refractivity contribution is -0.118. The zero-order valence-corrected chi connectivity index (χ0v) is 20.4. The van der Waals surface area contributed by atoms with E-state index in [0.717, 1.165) is 42.7 Å². The molecule has 0 radical (unpaired) electrons. The number of likely N-dealkylation sites (tertiary alicyclic amines) is 1. The highest BCUT2D eigenvalue weighted by Crippen LogP contribution is 2.29. The maximum absolute atomic E-state index is 13.5. The van der Waals surface area contributed by atoms with Crippen LogP contribution in [0.2, 0.25) is 0 Å². The predicted octanol–water partition coefficient (Wildman–Crippen LogP) is 4.39. The SMILES string of the molecule is Nc1nc(C=O)c2cc(-c3ccccc3CN3CC[C@H](F)C3)ccc2n1.O=CN1Cc2ccccc2C1. The van der Waals surface area contributed by atoms with Crippen molar-refractivity contribution in [1.29, 1.82) is 0 Å². The molecule has 37 heavy (non-hydrogen) atoms. The van der Waals surface area contributed by atoms with E-state index in [9.17, 15) is 14.0 Å². The number of nitrogen functional groups attached to an aromatic ring is 1. The van der Waals surface area contributed by atoms with Gasteiger partial charge in [0.25, 0.3) is 0 Å². The number of carbonyl (C=O) groups excluding carboxylic acids is 2. The van der Waals surface area contributed by atoms with Crippen molar-refractivity contribution < 1.29 is 14.0 Å². The van der Waals surface area contributed by atoms with E-state index in [4.69, 9.17) is 5.73 Å². The highest BCUT2D eigenvalue weighted by molar-refractivity contribution is 5.97. The number of halogens is 1. The quantitative estimate of drug-likeness (QED) is 0.411. The van der Waals surface area contributed by atoms with Gasteiger partial charge in [0.05, 0.1) is 5.52 Å². The average molecular weight is 498 g/mol. The summed E-state index contributed by atoms with van der Waals surface area (Å²) in [5, 5.41) is 0.673. The van der Waals surface area contributed by atoms with Crippen molar-refractivity contribution in [3.63, 3.8) is 0 Å². The van der Waals surface area contributed by atoms with Crippen LogP contribution in [0.15, 0.2) is 66.7 Å².